The lowest BCUT2D eigenvalue weighted by Gasteiger charge is -2.28. The molecule has 0 bridgehead atoms. The number of pyridine rings is 1. The van der Waals surface area contributed by atoms with Crippen molar-refractivity contribution >= 4 is 11.8 Å². The molecule has 2 aromatic carbocycles. The van der Waals surface area contributed by atoms with Crippen molar-refractivity contribution in [3.8, 4) is 0 Å². The lowest BCUT2D eigenvalue weighted by Crippen LogP contribution is -2.27. The summed E-state index contributed by atoms with van der Waals surface area (Å²) in [6, 6.07) is 18.0. The highest BCUT2D eigenvalue weighted by atomic mass is 16.5. The number of amides is 2. The van der Waals surface area contributed by atoms with E-state index in [0.717, 1.165) is 22.3 Å². The lowest BCUT2D eigenvalue weighted by molar-refractivity contribution is 0.0808. The summed E-state index contributed by atoms with van der Waals surface area (Å²) in [7, 11) is 0. The average Bonchev–Trinajstić information content (AvgIpc) is 2.74. The zero-order valence-corrected chi connectivity index (χ0v) is 16.4. The van der Waals surface area contributed by atoms with Crippen molar-refractivity contribution in [1.82, 2.24) is 15.4 Å². The fourth-order valence-electron chi connectivity index (χ4n) is 2.74. The van der Waals surface area contributed by atoms with E-state index in [1.165, 1.54) is 18.3 Å². The van der Waals surface area contributed by atoms with Crippen molar-refractivity contribution in [3.05, 3.63) is 106 Å². The van der Waals surface area contributed by atoms with Gasteiger partial charge in [-0.3, -0.25) is 14.6 Å². The summed E-state index contributed by atoms with van der Waals surface area (Å²) in [5, 5.41) is 15.4. The fourth-order valence-corrected chi connectivity index (χ4v) is 2.74. The number of benzene rings is 2. The molecule has 0 aliphatic carbocycles. The Labute approximate surface area is 169 Å². The summed E-state index contributed by atoms with van der Waals surface area (Å²) in [5.74, 6) is -1.11. The molecule has 1 N–H and O–H groups in total. The number of nitrogens with one attached hydrogen (secondary N) is 1. The molecule has 0 radical (unpaired) electrons. The Morgan fingerprint density at radius 3 is 2.14 bits per heavy atom. The maximum atomic E-state index is 12.4. The molecule has 0 aliphatic heterocycles. The normalized spacial score (nSPS) is 10.4. The van der Waals surface area contributed by atoms with Crippen LogP contribution in [0.4, 0.5) is 0 Å². The van der Waals surface area contributed by atoms with Gasteiger partial charge in [-0.2, -0.15) is 0 Å². The third-order valence-electron chi connectivity index (χ3n) is 4.49. The van der Waals surface area contributed by atoms with Gasteiger partial charge in [-0.15, -0.1) is 0 Å². The highest BCUT2D eigenvalue weighted by Gasteiger charge is 2.13. The third kappa shape index (κ3) is 5.49. The molecule has 0 aliphatic rings. The zero-order chi connectivity index (χ0) is 20.8. The number of carbonyl (C=O) groups excluding carboxylic acids is 2. The molecule has 1 aromatic heterocycles. The molecule has 0 saturated carbocycles. The Bertz CT molecular complexity index is 999. The molecule has 2 amide bonds. The molecule has 3 rings (SSSR count). The van der Waals surface area contributed by atoms with E-state index < -0.39 is 5.91 Å². The van der Waals surface area contributed by atoms with Crippen LogP contribution in [0.5, 0.6) is 0 Å². The Morgan fingerprint density at radius 2 is 1.52 bits per heavy atom. The standard InChI is InChI=1S/C23H22N3O3/c1-16-3-7-18(8-4-16)14-25-22(27)20-11-12-24-21(13-20)23(28)26(29)15-19-9-5-17(2)6-10-19/h3-13H,14-15H2,1-2H3,(H,25,27)/q-1. The van der Waals surface area contributed by atoms with Crippen LogP contribution in [0.3, 0.4) is 0 Å². The Morgan fingerprint density at radius 1 is 0.931 bits per heavy atom. The molecular formula is C23H22N3O3-. The van der Waals surface area contributed by atoms with E-state index in [4.69, 9.17) is 0 Å². The minimum Gasteiger partial charge on any atom is -0.756 e. The summed E-state index contributed by atoms with van der Waals surface area (Å²) in [4.78, 5) is 28.8. The second-order valence-corrected chi connectivity index (χ2v) is 6.93. The molecule has 0 fully saturated rings. The van der Waals surface area contributed by atoms with Crippen molar-refractivity contribution in [3.63, 3.8) is 0 Å². The monoisotopic (exact) mass is 388 g/mol. The SMILES string of the molecule is Cc1ccc(CNC(=O)c2ccnc(C(=O)N([O-])Cc3ccc(C)cc3)c2)cc1. The molecule has 148 valence electrons. The van der Waals surface area contributed by atoms with Gasteiger partial charge in [-0.1, -0.05) is 59.7 Å². The average molecular weight is 388 g/mol. The molecular weight excluding hydrogens is 366 g/mol. The largest absolute Gasteiger partial charge is 0.756 e. The van der Waals surface area contributed by atoms with Gasteiger partial charge in [0.05, 0.1) is 0 Å². The van der Waals surface area contributed by atoms with Crippen LogP contribution >= 0.6 is 0 Å². The van der Waals surface area contributed by atoms with Gasteiger partial charge in [0.15, 0.2) is 0 Å². The van der Waals surface area contributed by atoms with Crippen molar-refractivity contribution in [2.45, 2.75) is 26.9 Å². The Balaban J connectivity index is 1.64. The van der Waals surface area contributed by atoms with Gasteiger partial charge in [0, 0.05) is 24.8 Å². The van der Waals surface area contributed by atoms with E-state index in [-0.39, 0.29) is 23.7 Å². The predicted octanol–water partition coefficient (Wildman–Crippen LogP) is 3.77. The summed E-state index contributed by atoms with van der Waals surface area (Å²) >= 11 is 0. The van der Waals surface area contributed by atoms with Crippen LogP contribution < -0.4 is 5.32 Å². The number of hydrogen-bond donors (Lipinski definition) is 1. The highest BCUT2D eigenvalue weighted by molar-refractivity contribution is 5.98. The van der Waals surface area contributed by atoms with Crippen molar-refractivity contribution < 1.29 is 9.59 Å². The molecule has 3 aromatic rings. The summed E-state index contributed by atoms with van der Waals surface area (Å²) in [5.41, 5.74) is 4.13. The molecule has 29 heavy (non-hydrogen) atoms. The van der Waals surface area contributed by atoms with Crippen LogP contribution in [0.25, 0.3) is 0 Å². The predicted molar refractivity (Wildman–Crippen MR) is 111 cm³/mol. The lowest BCUT2D eigenvalue weighted by atomic mass is 10.1. The fraction of sp³-hybridized carbons (Fsp3) is 0.174. The first kappa shape index (κ1) is 20.2. The van der Waals surface area contributed by atoms with Gasteiger partial charge in [-0.25, -0.2) is 0 Å². The van der Waals surface area contributed by atoms with E-state index in [1.807, 2.05) is 50.2 Å². The van der Waals surface area contributed by atoms with Crippen LogP contribution in [-0.4, -0.2) is 21.9 Å². The summed E-state index contributed by atoms with van der Waals surface area (Å²) in [6.07, 6.45) is 1.35. The smallest absolute Gasteiger partial charge is 0.262 e. The van der Waals surface area contributed by atoms with Crippen LogP contribution in [0.2, 0.25) is 0 Å². The van der Waals surface area contributed by atoms with Crippen molar-refractivity contribution in [1.29, 1.82) is 0 Å². The number of nitrogens with zero attached hydrogens (tertiary/aromatic N) is 2. The first-order chi connectivity index (χ1) is 13.9. The zero-order valence-electron chi connectivity index (χ0n) is 16.4. The Hall–Kier alpha value is -3.51. The van der Waals surface area contributed by atoms with Gasteiger partial charge < -0.3 is 15.6 Å². The van der Waals surface area contributed by atoms with Crippen molar-refractivity contribution in [2.75, 3.05) is 0 Å². The quantitative estimate of drug-likeness (QED) is 0.652. The third-order valence-corrected chi connectivity index (χ3v) is 4.49. The van der Waals surface area contributed by atoms with Crippen LogP contribution in [0, 0.1) is 19.1 Å². The van der Waals surface area contributed by atoms with Crippen LogP contribution in [-0.2, 0) is 13.1 Å². The highest BCUT2D eigenvalue weighted by Crippen LogP contribution is 2.11. The number of carbonyl (C=O) groups is 2. The first-order valence-electron chi connectivity index (χ1n) is 9.27. The van der Waals surface area contributed by atoms with Gasteiger partial charge in [0.2, 0.25) is 0 Å². The van der Waals surface area contributed by atoms with Gasteiger partial charge in [0.1, 0.15) is 5.69 Å². The maximum absolute atomic E-state index is 12.4. The molecule has 0 unspecified atom stereocenters. The summed E-state index contributed by atoms with van der Waals surface area (Å²) in [6.45, 7) is 4.23. The first-order valence-corrected chi connectivity index (χ1v) is 9.27. The van der Waals surface area contributed by atoms with Crippen molar-refractivity contribution in [2.24, 2.45) is 0 Å². The minimum atomic E-state index is -0.779. The number of aromatic nitrogens is 1. The van der Waals surface area contributed by atoms with Gasteiger partial charge in [-0.05, 0) is 37.1 Å². The maximum Gasteiger partial charge on any atom is 0.262 e. The molecule has 0 spiro atoms. The van der Waals surface area contributed by atoms with Gasteiger partial charge in [0.25, 0.3) is 11.8 Å². The second kappa shape index (κ2) is 9.12. The molecule has 0 saturated heterocycles. The topological polar surface area (TPSA) is 85.4 Å². The molecule has 6 heteroatoms. The Kier molecular flexibility index (Phi) is 6.36. The van der Waals surface area contributed by atoms with Gasteiger partial charge >= 0.3 is 0 Å². The van der Waals surface area contributed by atoms with Crippen LogP contribution in [0.1, 0.15) is 43.1 Å². The molecule has 0 atom stereocenters. The van der Waals surface area contributed by atoms with E-state index in [2.05, 4.69) is 10.3 Å². The van der Waals surface area contributed by atoms with E-state index >= 15 is 0 Å². The molecule has 1 heterocycles. The number of hydrogen-bond acceptors (Lipinski definition) is 4. The van der Waals surface area contributed by atoms with E-state index in [0.29, 0.717) is 11.6 Å². The number of hydroxylamine groups is 2. The number of aryl methyl sites for hydroxylation is 2. The van der Waals surface area contributed by atoms with E-state index in [1.54, 1.807) is 12.1 Å². The summed E-state index contributed by atoms with van der Waals surface area (Å²) < 4.78 is 0. The van der Waals surface area contributed by atoms with E-state index in [9.17, 15) is 14.8 Å². The number of rotatable bonds is 6. The molecule has 6 nitrogen and oxygen atoms in total. The second-order valence-electron chi connectivity index (χ2n) is 6.93. The minimum absolute atomic E-state index is 0.0601. The van der Waals surface area contributed by atoms with Crippen LogP contribution in [0.15, 0.2) is 66.9 Å².